The summed E-state index contributed by atoms with van der Waals surface area (Å²) in [6.07, 6.45) is 8.65. The second-order valence-corrected chi connectivity index (χ2v) is 10.3. The van der Waals surface area contributed by atoms with Gasteiger partial charge in [0.05, 0.1) is 0 Å². The molecule has 0 aromatic heterocycles. The number of hydrogen-bond donors (Lipinski definition) is 0. The zero-order valence-corrected chi connectivity index (χ0v) is 16.6. The maximum atomic E-state index is 12.4. The van der Waals surface area contributed by atoms with Crippen molar-refractivity contribution < 1.29 is 9.59 Å². The summed E-state index contributed by atoms with van der Waals surface area (Å²) < 4.78 is 0. The highest BCUT2D eigenvalue weighted by atomic mass is 16.1. The van der Waals surface area contributed by atoms with Crippen LogP contribution in [0.15, 0.2) is 11.6 Å². The van der Waals surface area contributed by atoms with Crippen LogP contribution in [0.2, 0.25) is 0 Å². The molecule has 0 amide bonds. The highest BCUT2D eigenvalue weighted by Gasteiger charge is 2.62. The van der Waals surface area contributed by atoms with Crippen LogP contribution in [0.1, 0.15) is 73.1 Å². The minimum absolute atomic E-state index is 0.203. The number of rotatable bonds is 1. The Morgan fingerprint density at radius 3 is 2.52 bits per heavy atom. The third kappa shape index (κ3) is 2.28. The van der Waals surface area contributed by atoms with Gasteiger partial charge in [-0.25, -0.2) is 0 Å². The molecule has 2 heteroatoms. The summed E-state index contributed by atoms with van der Waals surface area (Å²) in [5.41, 5.74) is 1.87. The molecule has 0 aliphatic heterocycles. The number of carbonyl (C=O) groups excluding carboxylic acids is 2. The molecular weight excluding hydrogens is 308 g/mol. The van der Waals surface area contributed by atoms with E-state index in [1.165, 1.54) is 31.3 Å². The van der Waals surface area contributed by atoms with E-state index in [1.54, 1.807) is 0 Å². The second-order valence-electron chi connectivity index (χ2n) is 10.3. The molecule has 3 saturated carbocycles. The fourth-order valence-electron chi connectivity index (χ4n) is 8.21. The van der Waals surface area contributed by atoms with E-state index >= 15 is 0 Å². The fraction of sp³-hybridized carbons (Fsp3) is 0.826. The van der Waals surface area contributed by atoms with Crippen molar-refractivity contribution in [2.75, 3.05) is 0 Å². The predicted molar refractivity (Wildman–Crippen MR) is 100.0 cm³/mol. The van der Waals surface area contributed by atoms with Crippen LogP contribution in [0.4, 0.5) is 0 Å². The molecule has 0 aromatic rings. The average Bonchev–Trinajstić information content (AvgIpc) is 2.80. The molecule has 2 nitrogen and oxygen atoms in total. The zero-order valence-electron chi connectivity index (χ0n) is 16.6. The average molecular weight is 343 g/mol. The Hall–Kier alpha value is -0.920. The van der Waals surface area contributed by atoms with Crippen molar-refractivity contribution in [2.45, 2.75) is 73.1 Å². The van der Waals surface area contributed by atoms with Crippen LogP contribution in [-0.4, -0.2) is 11.6 Å². The standard InChI is InChI=1S/C23H34O2/c1-13-10-17-18(22(4)8-6-16(25)12-19(13)22)7-9-23(5)20(17)11-14(2)21(23)15(3)24/h12-14,17-18,20-21H,6-11H2,1-5H3/t13-,14+,17+,18-,20-,21+,22+,23-/m0/s1. The summed E-state index contributed by atoms with van der Waals surface area (Å²) in [6.45, 7) is 11.3. The minimum atomic E-state index is 0.203. The first-order valence-corrected chi connectivity index (χ1v) is 10.4. The summed E-state index contributed by atoms with van der Waals surface area (Å²) in [5, 5.41) is 0. The Morgan fingerprint density at radius 2 is 1.84 bits per heavy atom. The molecule has 0 N–H and O–H groups in total. The van der Waals surface area contributed by atoms with Crippen LogP contribution in [-0.2, 0) is 9.59 Å². The monoisotopic (exact) mass is 342 g/mol. The van der Waals surface area contributed by atoms with Crippen LogP contribution < -0.4 is 0 Å². The first-order valence-electron chi connectivity index (χ1n) is 10.4. The van der Waals surface area contributed by atoms with Gasteiger partial charge in [0.2, 0.25) is 0 Å². The maximum absolute atomic E-state index is 12.4. The quantitative estimate of drug-likeness (QED) is 0.655. The molecule has 4 aliphatic carbocycles. The largest absolute Gasteiger partial charge is 0.300 e. The molecule has 0 spiro atoms. The molecule has 3 fully saturated rings. The highest BCUT2D eigenvalue weighted by Crippen LogP contribution is 2.68. The van der Waals surface area contributed by atoms with Crippen molar-refractivity contribution in [1.82, 2.24) is 0 Å². The summed E-state index contributed by atoms with van der Waals surface area (Å²) in [4.78, 5) is 24.5. The van der Waals surface area contributed by atoms with Gasteiger partial charge in [0, 0.05) is 12.3 Å². The predicted octanol–water partition coefficient (Wildman–Crippen LogP) is 5.22. The first-order chi connectivity index (χ1) is 11.7. The molecule has 0 radical (unpaired) electrons. The van der Waals surface area contributed by atoms with Crippen molar-refractivity contribution in [3.05, 3.63) is 11.6 Å². The number of hydrogen-bond acceptors (Lipinski definition) is 2. The van der Waals surface area contributed by atoms with Crippen LogP contribution in [0.3, 0.4) is 0 Å². The van der Waals surface area contributed by atoms with Gasteiger partial charge in [-0.1, -0.05) is 33.3 Å². The summed E-state index contributed by atoms with van der Waals surface area (Å²) in [5.74, 6) is 4.18. The highest BCUT2D eigenvalue weighted by molar-refractivity contribution is 5.91. The number of allylic oxidation sites excluding steroid dienone is 1. The van der Waals surface area contributed by atoms with Crippen molar-refractivity contribution in [3.8, 4) is 0 Å². The van der Waals surface area contributed by atoms with Crippen molar-refractivity contribution in [3.63, 3.8) is 0 Å². The van der Waals surface area contributed by atoms with Crippen LogP contribution in [0.5, 0.6) is 0 Å². The molecule has 4 rings (SSSR count). The Balaban J connectivity index is 1.73. The Kier molecular flexibility index (Phi) is 3.87. The number of Topliss-reactive ketones (excluding diaryl/α,β-unsaturated/α-hetero) is 1. The van der Waals surface area contributed by atoms with E-state index in [1.807, 2.05) is 13.0 Å². The summed E-state index contributed by atoms with van der Waals surface area (Å²) in [7, 11) is 0. The third-order valence-corrected chi connectivity index (χ3v) is 9.06. The van der Waals surface area contributed by atoms with Gasteiger partial charge in [-0.05, 0) is 85.5 Å². The van der Waals surface area contributed by atoms with Crippen LogP contribution in [0.25, 0.3) is 0 Å². The molecule has 0 aromatic carbocycles. The van der Waals surface area contributed by atoms with Gasteiger partial charge in [-0.15, -0.1) is 0 Å². The normalized spacial score (nSPS) is 52.0. The molecule has 0 bridgehead atoms. The van der Waals surface area contributed by atoms with Gasteiger partial charge in [0.15, 0.2) is 5.78 Å². The number of ketones is 2. The van der Waals surface area contributed by atoms with Crippen LogP contribution in [0, 0.1) is 46.3 Å². The molecule has 0 saturated heterocycles. The lowest BCUT2D eigenvalue weighted by atomic mass is 9.45. The van der Waals surface area contributed by atoms with E-state index < -0.39 is 0 Å². The zero-order chi connectivity index (χ0) is 18.1. The molecule has 0 heterocycles. The molecule has 25 heavy (non-hydrogen) atoms. The Morgan fingerprint density at radius 1 is 1.12 bits per heavy atom. The molecular formula is C23H34O2. The topological polar surface area (TPSA) is 34.1 Å². The minimum Gasteiger partial charge on any atom is -0.300 e. The van der Waals surface area contributed by atoms with Gasteiger partial charge in [0.1, 0.15) is 5.78 Å². The second kappa shape index (κ2) is 5.54. The van der Waals surface area contributed by atoms with Gasteiger partial charge in [-0.2, -0.15) is 0 Å². The lowest BCUT2D eigenvalue weighted by molar-refractivity contribution is -0.130. The Bertz CT molecular complexity index is 646. The van der Waals surface area contributed by atoms with E-state index in [2.05, 4.69) is 27.7 Å². The van der Waals surface area contributed by atoms with Crippen molar-refractivity contribution in [2.24, 2.45) is 46.3 Å². The van der Waals surface area contributed by atoms with Gasteiger partial charge >= 0.3 is 0 Å². The number of carbonyl (C=O) groups is 2. The molecule has 4 aliphatic rings. The van der Waals surface area contributed by atoms with Crippen LogP contribution >= 0.6 is 0 Å². The van der Waals surface area contributed by atoms with E-state index in [4.69, 9.17) is 0 Å². The first kappa shape index (κ1) is 17.5. The van der Waals surface area contributed by atoms with Crippen molar-refractivity contribution in [1.29, 1.82) is 0 Å². The Labute approximate surface area is 152 Å². The van der Waals surface area contributed by atoms with E-state index in [-0.39, 0.29) is 16.7 Å². The van der Waals surface area contributed by atoms with Gasteiger partial charge in [0.25, 0.3) is 0 Å². The van der Waals surface area contributed by atoms with Gasteiger partial charge in [-0.3, -0.25) is 9.59 Å². The molecule has 8 atom stereocenters. The van der Waals surface area contributed by atoms with E-state index in [0.717, 1.165) is 18.8 Å². The summed E-state index contributed by atoms with van der Waals surface area (Å²) >= 11 is 0. The lowest BCUT2D eigenvalue weighted by Crippen LogP contribution is -2.52. The third-order valence-electron chi connectivity index (χ3n) is 9.06. The smallest absolute Gasteiger partial charge is 0.155 e. The maximum Gasteiger partial charge on any atom is 0.155 e. The van der Waals surface area contributed by atoms with Gasteiger partial charge < -0.3 is 0 Å². The van der Waals surface area contributed by atoms with Crippen molar-refractivity contribution >= 4 is 11.6 Å². The molecule has 138 valence electrons. The SMILES string of the molecule is CC(=O)[C@H]1[C@H](C)C[C@H]2[C@@H]3C[C@H](C)C4=CC(=O)CC[C@]4(C)[C@H]3CC[C@@]21C. The summed E-state index contributed by atoms with van der Waals surface area (Å²) in [6, 6.07) is 0. The molecule has 0 unspecified atom stereocenters. The fourth-order valence-corrected chi connectivity index (χ4v) is 8.21. The van der Waals surface area contributed by atoms with E-state index in [0.29, 0.717) is 35.2 Å². The van der Waals surface area contributed by atoms with E-state index in [9.17, 15) is 9.59 Å². The number of fused-ring (bicyclic) bond motifs is 5. The lowest BCUT2D eigenvalue weighted by Gasteiger charge is -2.59.